The molecule has 5 aromatic rings. The Bertz CT molecular complexity index is 1440. The van der Waals surface area contributed by atoms with Gasteiger partial charge in [-0.15, -0.1) is 11.3 Å². The highest BCUT2D eigenvalue weighted by molar-refractivity contribution is 7.92. The number of H-pyrrole nitrogens is 1. The summed E-state index contributed by atoms with van der Waals surface area (Å²) < 4.78 is 29.3. The Morgan fingerprint density at radius 2 is 1.83 bits per heavy atom. The normalized spacial score (nSPS) is 11.6. The van der Waals surface area contributed by atoms with Crippen molar-refractivity contribution in [3.8, 4) is 22.4 Å². The molecule has 0 aliphatic heterocycles. The molecule has 0 unspecified atom stereocenters. The summed E-state index contributed by atoms with van der Waals surface area (Å²) in [4.78, 5) is 8.43. The number of thiazole rings is 1. The van der Waals surface area contributed by atoms with Gasteiger partial charge in [0.25, 0.3) is 10.0 Å². The quantitative estimate of drug-likeness (QED) is 0.423. The summed E-state index contributed by atoms with van der Waals surface area (Å²) in [5.41, 5.74) is 6.34. The predicted molar refractivity (Wildman–Crippen MR) is 118 cm³/mol. The maximum atomic E-state index is 12.9. The van der Waals surface area contributed by atoms with E-state index in [0.29, 0.717) is 5.69 Å². The first-order chi connectivity index (χ1) is 14.6. The first kappa shape index (κ1) is 18.5. The zero-order valence-corrected chi connectivity index (χ0v) is 17.1. The maximum Gasteiger partial charge on any atom is 0.261 e. The highest BCUT2D eigenvalue weighted by atomic mass is 32.2. The van der Waals surface area contributed by atoms with Crippen LogP contribution in [-0.2, 0) is 10.0 Å². The van der Waals surface area contributed by atoms with Gasteiger partial charge in [0.15, 0.2) is 0 Å². The van der Waals surface area contributed by atoms with Crippen LogP contribution >= 0.6 is 11.3 Å². The van der Waals surface area contributed by atoms with Crippen molar-refractivity contribution in [1.82, 2.24) is 20.2 Å². The fraction of sp³-hybridized carbons (Fsp3) is 0. The smallest absolute Gasteiger partial charge is 0.261 e. The number of anilines is 1. The van der Waals surface area contributed by atoms with Crippen LogP contribution in [0, 0.1) is 0 Å². The third kappa shape index (κ3) is 3.44. The number of nitrogens with zero attached hydrogens (tertiary/aromatic N) is 3. The van der Waals surface area contributed by atoms with E-state index in [1.54, 1.807) is 54.3 Å². The van der Waals surface area contributed by atoms with E-state index in [1.165, 1.54) is 11.3 Å². The number of hydrogen-bond donors (Lipinski definition) is 2. The molecule has 0 amide bonds. The van der Waals surface area contributed by atoms with Crippen LogP contribution in [0.2, 0.25) is 0 Å². The number of rotatable bonds is 5. The summed E-state index contributed by atoms with van der Waals surface area (Å²) in [6.45, 7) is 0. The van der Waals surface area contributed by atoms with Crippen LogP contribution in [-0.4, -0.2) is 28.6 Å². The average molecular weight is 434 g/mol. The molecule has 0 aliphatic carbocycles. The Kier molecular flexibility index (Phi) is 4.53. The molecule has 2 N–H and O–H groups in total. The minimum atomic E-state index is -3.74. The second kappa shape index (κ2) is 7.36. The number of fused-ring (bicyclic) bond motifs is 1. The van der Waals surface area contributed by atoms with Gasteiger partial charge < -0.3 is 0 Å². The lowest BCUT2D eigenvalue weighted by Crippen LogP contribution is -2.12. The molecule has 0 bridgehead atoms. The number of aromatic nitrogens is 4. The van der Waals surface area contributed by atoms with Crippen molar-refractivity contribution in [3.63, 3.8) is 0 Å². The summed E-state index contributed by atoms with van der Waals surface area (Å²) in [6, 6.07) is 15.9. The Balaban J connectivity index is 1.48. The van der Waals surface area contributed by atoms with E-state index in [9.17, 15) is 8.42 Å². The van der Waals surface area contributed by atoms with Gasteiger partial charge in [-0.2, -0.15) is 5.10 Å². The molecule has 3 aromatic heterocycles. The highest BCUT2D eigenvalue weighted by Crippen LogP contribution is 2.31. The molecular weight excluding hydrogens is 418 g/mol. The van der Waals surface area contributed by atoms with Gasteiger partial charge in [-0.1, -0.05) is 12.1 Å². The molecule has 148 valence electrons. The molecule has 30 heavy (non-hydrogen) atoms. The first-order valence-corrected chi connectivity index (χ1v) is 11.4. The van der Waals surface area contributed by atoms with Crippen molar-refractivity contribution in [2.75, 3.05) is 4.72 Å². The highest BCUT2D eigenvalue weighted by Gasteiger charge is 2.17. The standard InChI is InChI=1S/C21H15N5O2S2/c27-30(28,17-4-5-19-20(11-17)29-13-23-19)26-16-3-1-2-15(10-16)21-18(12-24-25-21)14-6-8-22-9-7-14/h1-13,26H,(H,24,25). The molecule has 5 rings (SSSR count). The molecular formula is C21H15N5O2S2. The SMILES string of the molecule is O=S(=O)(Nc1cccc(-c2n[nH]cc2-c2ccncc2)c1)c1ccc2ncsc2c1. The van der Waals surface area contributed by atoms with E-state index in [0.717, 1.165) is 32.6 Å². The summed E-state index contributed by atoms with van der Waals surface area (Å²) in [6.07, 6.45) is 5.25. The fourth-order valence-electron chi connectivity index (χ4n) is 3.21. The predicted octanol–water partition coefficient (Wildman–Crippen LogP) is 4.55. The van der Waals surface area contributed by atoms with Crippen molar-refractivity contribution >= 4 is 37.3 Å². The van der Waals surface area contributed by atoms with Gasteiger partial charge in [0.2, 0.25) is 0 Å². The van der Waals surface area contributed by atoms with Crippen molar-refractivity contribution in [2.24, 2.45) is 0 Å². The average Bonchev–Trinajstić information content (AvgIpc) is 3.43. The molecule has 0 aliphatic rings. The van der Waals surface area contributed by atoms with E-state index in [-0.39, 0.29) is 4.90 Å². The maximum absolute atomic E-state index is 12.9. The van der Waals surface area contributed by atoms with Crippen LogP contribution in [0.4, 0.5) is 5.69 Å². The molecule has 0 fully saturated rings. The van der Waals surface area contributed by atoms with Gasteiger partial charge in [0.05, 0.1) is 26.3 Å². The molecule has 0 saturated heterocycles. The molecule has 9 heteroatoms. The second-order valence-electron chi connectivity index (χ2n) is 6.55. The molecule has 0 saturated carbocycles. The number of aromatic amines is 1. The van der Waals surface area contributed by atoms with Gasteiger partial charge >= 0.3 is 0 Å². The minimum Gasteiger partial charge on any atom is -0.284 e. The summed E-state index contributed by atoms with van der Waals surface area (Å²) in [7, 11) is -3.74. The monoisotopic (exact) mass is 433 g/mol. The van der Waals surface area contributed by atoms with Crippen LogP contribution in [0.3, 0.4) is 0 Å². The number of hydrogen-bond acceptors (Lipinski definition) is 6. The summed E-state index contributed by atoms with van der Waals surface area (Å²) in [5, 5.41) is 7.25. The third-order valence-corrected chi connectivity index (χ3v) is 6.80. The zero-order valence-electron chi connectivity index (χ0n) is 15.5. The lowest BCUT2D eigenvalue weighted by Gasteiger charge is -2.10. The zero-order chi connectivity index (χ0) is 20.6. The van der Waals surface area contributed by atoms with E-state index < -0.39 is 10.0 Å². The van der Waals surface area contributed by atoms with E-state index in [2.05, 4.69) is 24.9 Å². The Labute approximate surface area is 176 Å². The van der Waals surface area contributed by atoms with Crippen molar-refractivity contribution in [2.45, 2.75) is 4.90 Å². The van der Waals surface area contributed by atoms with E-state index in [1.807, 2.05) is 24.4 Å². The van der Waals surface area contributed by atoms with E-state index >= 15 is 0 Å². The van der Waals surface area contributed by atoms with Crippen molar-refractivity contribution in [1.29, 1.82) is 0 Å². The van der Waals surface area contributed by atoms with Crippen molar-refractivity contribution < 1.29 is 8.42 Å². The topological polar surface area (TPSA) is 101 Å². The summed E-state index contributed by atoms with van der Waals surface area (Å²) >= 11 is 1.40. The van der Waals surface area contributed by atoms with Gasteiger partial charge in [-0.3, -0.25) is 14.8 Å². The molecule has 2 aromatic carbocycles. The Morgan fingerprint density at radius 3 is 2.70 bits per heavy atom. The fourth-order valence-corrected chi connectivity index (χ4v) is 5.07. The Hall–Kier alpha value is -3.56. The lowest BCUT2D eigenvalue weighted by molar-refractivity contribution is 0.601. The number of pyridine rings is 1. The Morgan fingerprint density at radius 1 is 0.967 bits per heavy atom. The molecule has 0 radical (unpaired) electrons. The van der Waals surface area contributed by atoms with Crippen molar-refractivity contribution in [3.05, 3.63) is 78.7 Å². The van der Waals surface area contributed by atoms with Crippen LogP contribution < -0.4 is 4.72 Å². The lowest BCUT2D eigenvalue weighted by atomic mass is 10.0. The third-order valence-electron chi connectivity index (χ3n) is 4.63. The number of nitrogens with one attached hydrogen (secondary N) is 2. The van der Waals surface area contributed by atoms with Crippen LogP contribution in [0.25, 0.3) is 32.6 Å². The van der Waals surface area contributed by atoms with Gasteiger partial charge in [-0.25, -0.2) is 13.4 Å². The van der Waals surface area contributed by atoms with Gasteiger partial charge in [0, 0.05) is 35.4 Å². The number of benzene rings is 2. The van der Waals surface area contributed by atoms with E-state index in [4.69, 9.17) is 0 Å². The molecule has 7 nitrogen and oxygen atoms in total. The molecule has 0 spiro atoms. The summed E-state index contributed by atoms with van der Waals surface area (Å²) in [5.74, 6) is 0. The van der Waals surface area contributed by atoms with Crippen LogP contribution in [0.5, 0.6) is 0 Å². The minimum absolute atomic E-state index is 0.196. The van der Waals surface area contributed by atoms with Gasteiger partial charge in [0.1, 0.15) is 0 Å². The second-order valence-corrected chi connectivity index (χ2v) is 9.12. The first-order valence-electron chi connectivity index (χ1n) is 9.01. The molecule has 0 atom stereocenters. The largest absolute Gasteiger partial charge is 0.284 e. The van der Waals surface area contributed by atoms with Gasteiger partial charge in [-0.05, 0) is 48.0 Å². The van der Waals surface area contributed by atoms with Crippen LogP contribution in [0.15, 0.2) is 83.6 Å². The number of sulfonamides is 1. The molecule has 3 heterocycles. The van der Waals surface area contributed by atoms with Crippen LogP contribution in [0.1, 0.15) is 0 Å².